The summed E-state index contributed by atoms with van der Waals surface area (Å²) in [4.78, 5) is 15.3. The van der Waals surface area contributed by atoms with E-state index in [4.69, 9.17) is 0 Å². The topological polar surface area (TPSA) is 40.5 Å². The van der Waals surface area contributed by atoms with Crippen LogP contribution in [0.1, 0.15) is 68.2 Å². The van der Waals surface area contributed by atoms with Crippen LogP contribution < -0.4 is 0 Å². The largest absolute Gasteiger partial charge is 0.480 e. The molecule has 1 atom stereocenters. The zero-order chi connectivity index (χ0) is 26.7. The lowest BCUT2D eigenvalue weighted by atomic mass is 9.98. The molecule has 0 amide bonds. The number of nitrogens with zero attached hydrogens (tertiary/aromatic N) is 1. The van der Waals surface area contributed by atoms with E-state index in [0.29, 0.717) is 6.54 Å². The number of unbranched alkanes of at least 4 members (excludes halogenated alkanes) is 5. The molecular formula is C34H39NO2S. The third-order valence-corrected chi connectivity index (χ3v) is 8.19. The third-order valence-electron chi connectivity index (χ3n) is 7.18. The van der Waals surface area contributed by atoms with Crippen molar-refractivity contribution in [3.63, 3.8) is 0 Å². The third kappa shape index (κ3) is 7.43. The number of hydrogen-bond acceptors (Lipinski definition) is 3. The Kier molecular flexibility index (Phi) is 10.3. The standard InChI is InChI=1S/C34H39NO2S/c1-3-4-5-6-7-9-15-29-22-23-38-33(29)31-17-12-16-30(24-31)27-20-18-26(19-21-27)25-35(2)32(34(36)37)28-13-10-8-11-14-28/h8,10-14,16-24,32H,3-7,9,15,25H2,1-2H3,(H,36,37)/t32-/m0/s1. The summed E-state index contributed by atoms with van der Waals surface area (Å²) in [5.74, 6) is -0.837. The molecule has 0 fully saturated rings. The number of aliphatic carboxylic acids is 1. The first-order valence-electron chi connectivity index (χ1n) is 13.8. The van der Waals surface area contributed by atoms with Crippen LogP contribution in [0.15, 0.2) is 90.3 Å². The highest BCUT2D eigenvalue weighted by atomic mass is 32.1. The molecule has 3 aromatic carbocycles. The molecule has 0 spiro atoms. The van der Waals surface area contributed by atoms with Gasteiger partial charge in [0.2, 0.25) is 0 Å². The quantitative estimate of drug-likeness (QED) is 0.167. The Morgan fingerprint density at radius 1 is 0.816 bits per heavy atom. The van der Waals surface area contributed by atoms with Gasteiger partial charge in [0.15, 0.2) is 0 Å². The Hall–Kier alpha value is -3.21. The van der Waals surface area contributed by atoms with Crippen molar-refractivity contribution < 1.29 is 9.90 Å². The fraction of sp³-hybridized carbons (Fsp3) is 0.324. The first-order valence-corrected chi connectivity index (χ1v) is 14.7. The maximum absolute atomic E-state index is 12.0. The lowest BCUT2D eigenvalue weighted by molar-refractivity contribution is -0.143. The van der Waals surface area contributed by atoms with Gasteiger partial charge in [-0.1, -0.05) is 112 Å². The van der Waals surface area contributed by atoms with E-state index in [1.165, 1.54) is 65.7 Å². The average Bonchev–Trinajstić information content (AvgIpc) is 3.40. The van der Waals surface area contributed by atoms with Gasteiger partial charge < -0.3 is 5.11 Å². The van der Waals surface area contributed by atoms with Crippen molar-refractivity contribution in [2.24, 2.45) is 0 Å². The van der Waals surface area contributed by atoms with E-state index >= 15 is 0 Å². The molecule has 0 aliphatic heterocycles. The minimum absolute atomic E-state index is 0.559. The first-order chi connectivity index (χ1) is 18.6. The highest BCUT2D eigenvalue weighted by Gasteiger charge is 2.24. The summed E-state index contributed by atoms with van der Waals surface area (Å²) >= 11 is 1.84. The predicted molar refractivity (Wildman–Crippen MR) is 161 cm³/mol. The average molecular weight is 526 g/mol. The molecule has 3 nitrogen and oxygen atoms in total. The van der Waals surface area contributed by atoms with Gasteiger partial charge in [0.25, 0.3) is 0 Å². The van der Waals surface area contributed by atoms with Crippen LogP contribution in [-0.2, 0) is 17.8 Å². The zero-order valence-corrected chi connectivity index (χ0v) is 23.4. The Morgan fingerprint density at radius 3 is 2.26 bits per heavy atom. The fourth-order valence-electron chi connectivity index (χ4n) is 5.12. The highest BCUT2D eigenvalue weighted by Crippen LogP contribution is 2.34. The number of thiophene rings is 1. The molecule has 0 unspecified atom stereocenters. The van der Waals surface area contributed by atoms with E-state index in [0.717, 1.165) is 17.5 Å². The van der Waals surface area contributed by atoms with Crippen LogP contribution in [0.4, 0.5) is 0 Å². The summed E-state index contributed by atoms with van der Waals surface area (Å²) in [6.07, 6.45) is 9.08. The van der Waals surface area contributed by atoms with Gasteiger partial charge in [0.1, 0.15) is 6.04 Å². The zero-order valence-electron chi connectivity index (χ0n) is 22.6. The van der Waals surface area contributed by atoms with Crippen molar-refractivity contribution >= 4 is 17.3 Å². The fourth-order valence-corrected chi connectivity index (χ4v) is 6.08. The summed E-state index contributed by atoms with van der Waals surface area (Å²) in [6.45, 7) is 2.82. The van der Waals surface area contributed by atoms with E-state index in [-0.39, 0.29) is 0 Å². The second kappa shape index (κ2) is 14.1. The van der Waals surface area contributed by atoms with E-state index < -0.39 is 12.0 Å². The monoisotopic (exact) mass is 525 g/mol. The van der Waals surface area contributed by atoms with E-state index in [9.17, 15) is 9.90 Å². The maximum Gasteiger partial charge on any atom is 0.325 e. The molecular weight excluding hydrogens is 486 g/mol. The number of aryl methyl sites for hydroxylation is 1. The van der Waals surface area contributed by atoms with Crippen molar-refractivity contribution in [1.29, 1.82) is 0 Å². The van der Waals surface area contributed by atoms with Gasteiger partial charge in [-0.15, -0.1) is 11.3 Å². The summed E-state index contributed by atoms with van der Waals surface area (Å²) in [5.41, 5.74) is 7.01. The molecule has 38 heavy (non-hydrogen) atoms. The molecule has 0 aliphatic rings. The minimum atomic E-state index is -0.837. The van der Waals surface area contributed by atoms with Crippen LogP contribution >= 0.6 is 11.3 Å². The number of rotatable bonds is 14. The van der Waals surface area contributed by atoms with Crippen molar-refractivity contribution in [2.75, 3.05) is 7.05 Å². The van der Waals surface area contributed by atoms with E-state index in [1.807, 2.05) is 53.6 Å². The smallest absolute Gasteiger partial charge is 0.325 e. The van der Waals surface area contributed by atoms with Crippen molar-refractivity contribution in [1.82, 2.24) is 4.90 Å². The molecule has 198 valence electrons. The summed E-state index contributed by atoms with van der Waals surface area (Å²) in [6, 6.07) is 28.4. The van der Waals surface area contributed by atoms with Gasteiger partial charge in [-0.3, -0.25) is 9.69 Å². The summed E-state index contributed by atoms with van der Waals surface area (Å²) < 4.78 is 0. The maximum atomic E-state index is 12.0. The molecule has 0 bridgehead atoms. The second-order valence-corrected chi connectivity index (χ2v) is 11.1. The molecule has 1 heterocycles. The number of carboxylic acids is 1. The van der Waals surface area contributed by atoms with Gasteiger partial charge in [-0.2, -0.15) is 0 Å². The minimum Gasteiger partial charge on any atom is -0.480 e. The molecule has 1 N–H and O–H groups in total. The molecule has 0 radical (unpaired) electrons. The Bertz CT molecular complexity index is 1280. The molecule has 4 rings (SSSR count). The molecule has 0 saturated heterocycles. The van der Waals surface area contributed by atoms with Gasteiger partial charge in [0.05, 0.1) is 0 Å². The molecule has 0 saturated carbocycles. The number of carboxylic acid groups (broad SMARTS) is 1. The van der Waals surface area contributed by atoms with E-state index in [2.05, 4.69) is 66.9 Å². The molecule has 4 aromatic rings. The van der Waals surface area contributed by atoms with Crippen LogP contribution in [-0.4, -0.2) is 23.0 Å². The molecule has 4 heteroatoms. The summed E-state index contributed by atoms with van der Waals surface area (Å²) in [7, 11) is 1.87. The van der Waals surface area contributed by atoms with Gasteiger partial charge in [-0.05, 0) is 70.8 Å². The Balaban J connectivity index is 1.42. The number of carbonyl (C=O) groups is 1. The Morgan fingerprint density at radius 2 is 1.53 bits per heavy atom. The number of likely N-dealkylation sites (N-methyl/N-ethyl adjacent to an activating group) is 1. The van der Waals surface area contributed by atoms with Crippen LogP contribution in [0.3, 0.4) is 0 Å². The molecule has 1 aromatic heterocycles. The van der Waals surface area contributed by atoms with Crippen molar-refractivity contribution in [2.45, 2.75) is 64.5 Å². The highest BCUT2D eigenvalue weighted by molar-refractivity contribution is 7.13. The first kappa shape index (κ1) is 27.8. The predicted octanol–water partition coefficient (Wildman–Crippen LogP) is 9.24. The van der Waals surface area contributed by atoms with Gasteiger partial charge >= 0.3 is 5.97 Å². The lowest BCUT2D eigenvalue weighted by Gasteiger charge is -2.25. The number of hydrogen-bond donors (Lipinski definition) is 1. The SMILES string of the molecule is CCCCCCCCc1ccsc1-c1cccc(-c2ccc(CN(C)[C@H](C(=O)O)c3ccccc3)cc2)c1. The lowest BCUT2D eigenvalue weighted by Crippen LogP contribution is -2.30. The van der Waals surface area contributed by atoms with E-state index in [1.54, 1.807) is 0 Å². The number of benzene rings is 3. The second-order valence-electron chi connectivity index (χ2n) is 10.1. The van der Waals surface area contributed by atoms with Crippen LogP contribution in [0, 0.1) is 0 Å². The van der Waals surface area contributed by atoms with Gasteiger partial charge in [-0.25, -0.2) is 0 Å². The van der Waals surface area contributed by atoms with Crippen LogP contribution in [0.2, 0.25) is 0 Å². The normalized spacial score (nSPS) is 12.1. The van der Waals surface area contributed by atoms with Crippen LogP contribution in [0.5, 0.6) is 0 Å². The Labute approximate surface area is 231 Å². The van der Waals surface area contributed by atoms with Crippen molar-refractivity contribution in [3.05, 3.63) is 107 Å². The van der Waals surface area contributed by atoms with Crippen LogP contribution in [0.25, 0.3) is 21.6 Å². The van der Waals surface area contributed by atoms with Gasteiger partial charge in [0, 0.05) is 11.4 Å². The molecule has 0 aliphatic carbocycles. The van der Waals surface area contributed by atoms with Crippen molar-refractivity contribution in [3.8, 4) is 21.6 Å². The summed E-state index contributed by atoms with van der Waals surface area (Å²) in [5, 5.41) is 12.1.